The molecule has 102 valence electrons. The lowest BCUT2D eigenvalue weighted by Gasteiger charge is -2.07. The van der Waals surface area contributed by atoms with E-state index in [2.05, 4.69) is 10.3 Å². The number of carbonyl (C=O) groups excluding carboxylic acids is 1. The maximum Gasteiger partial charge on any atom is 0.221 e. The van der Waals surface area contributed by atoms with Gasteiger partial charge in [0.25, 0.3) is 0 Å². The lowest BCUT2D eigenvalue weighted by molar-refractivity contribution is -0.121. The summed E-state index contributed by atoms with van der Waals surface area (Å²) in [6, 6.07) is 5.40. The fourth-order valence-electron chi connectivity index (χ4n) is 2.07. The van der Waals surface area contributed by atoms with Crippen LogP contribution < -0.4 is 11.1 Å². The monoisotopic (exact) mass is 262 g/mol. The molecule has 6 heteroatoms. The van der Waals surface area contributed by atoms with Crippen molar-refractivity contribution in [2.45, 2.75) is 26.5 Å². The highest BCUT2D eigenvalue weighted by atomic mass is 16.3. The zero-order valence-corrected chi connectivity index (χ0v) is 10.9. The molecular weight excluding hydrogens is 244 g/mol. The molecule has 4 N–H and O–H groups in total. The molecule has 0 aliphatic heterocycles. The number of rotatable bonds is 5. The van der Waals surface area contributed by atoms with E-state index < -0.39 is 0 Å². The predicted molar refractivity (Wildman–Crippen MR) is 73.4 cm³/mol. The predicted octanol–water partition coefficient (Wildman–Crippen LogP) is 0.637. The molecular formula is C13H18N4O2. The molecule has 1 aromatic heterocycles. The number of anilines is 1. The normalized spacial score (nSPS) is 10.8. The van der Waals surface area contributed by atoms with E-state index in [9.17, 15) is 9.90 Å². The van der Waals surface area contributed by atoms with Crippen molar-refractivity contribution in [1.29, 1.82) is 0 Å². The molecule has 2 rings (SSSR count). The van der Waals surface area contributed by atoms with Crippen molar-refractivity contribution in [1.82, 2.24) is 14.9 Å². The summed E-state index contributed by atoms with van der Waals surface area (Å²) >= 11 is 0. The van der Waals surface area contributed by atoms with Gasteiger partial charge in [-0.15, -0.1) is 0 Å². The van der Waals surface area contributed by atoms with Crippen molar-refractivity contribution >= 4 is 22.6 Å². The molecule has 6 nitrogen and oxygen atoms in total. The molecule has 0 saturated heterocycles. The van der Waals surface area contributed by atoms with Crippen LogP contribution in [0.1, 0.15) is 19.2 Å². The highest BCUT2D eigenvalue weighted by Crippen LogP contribution is 2.19. The number of aryl methyl sites for hydroxylation is 1. The SMILES string of the molecule is CCNC(=O)CCn1c(CO)nc2cc(N)ccc21. The summed E-state index contributed by atoms with van der Waals surface area (Å²) in [5.74, 6) is 0.536. The number of hydrogen-bond donors (Lipinski definition) is 3. The minimum absolute atomic E-state index is 0.0105. The Morgan fingerprint density at radius 1 is 1.53 bits per heavy atom. The Balaban J connectivity index is 2.27. The maximum atomic E-state index is 11.5. The molecule has 2 aromatic rings. The number of aliphatic hydroxyl groups is 1. The third-order valence-corrected chi connectivity index (χ3v) is 2.93. The van der Waals surface area contributed by atoms with Gasteiger partial charge in [0, 0.05) is 25.2 Å². The smallest absolute Gasteiger partial charge is 0.221 e. The van der Waals surface area contributed by atoms with E-state index in [1.54, 1.807) is 12.1 Å². The van der Waals surface area contributed by atoms with Gasteiger partial charge in [-0.1, -0.05) is 0 Å². The van der Waals surface area contributed by atoms with Crippen molar-refractivity contribution in [3.05, 3.63) is 24.0 Å². The van der Waals surface area contributed by atoms with Crippen LogP contribution in [0.2, 0.25) is 0 Å². The minimum atomic E-state index is -0.163. The first-order valence-corrected chi connectivity index (χ1v) is 6.28. The van der Waals surface area contributed by atoms with Crippen LogP contribution in [0.25, 0.3) is 11.0 Å². The topological polar surface area (TPSA) is 93.2 Å². The van der Waals surface area contributed by atoms with E-state index >= 15 is 0 Å². The van der Waals surface area contributed by atoms with Crippen LogP contribution >= 0.6 is 0 Å². The van der Waals surface area contributed by atoms with Crippen LogP contribution in [-0.4, -0.2) is 27.1 Å². The van der Waals surface area contributed by atoms with E-state index in [0.29, 0.717) is 31.0 Å². The fraction of sp³-hybridized carbons (Fsp3) is 0.385. The molecule has 0 fully saturated rings. The van der Waals surface area contributed by atoms with Crippen LogP contribution in [0.4, 0.5) is 5.69 Å². The molecule has 19 heavy (non-hydrogen) atoms. The summed E-state index contributed by atoms with van der Waals surface area (Å²) in [4.78, 5) is 15.8. The number of carbonyl (C=O) groups is 1. The van der Waals surface area contributed by atoms with Crippen molar-refractivity contribution in [2.24, 2.45) is 0 Å². The average Bonchev–Trinajstić information content (AvgIpc) is 2.73. The van der Waals surface area contributed by atoms with Crippen LogP contribution in [0.3, 0.4) is 0 Å². The molecule has 0 bridgehead atoms. The van der Waals surface area contributed by atoms with Gasteiger partial charge in [0.05, 0.1) is 11.0 Å². The lowest BCUT2D eigenvalue weighted by atomic mass is 10.2. The number of fused-ring (bicyclic) bond motifs is 1. The number of nitrogens with two attached hydrogens (primary N) is 1. The number of nitrogens with zero attached hydrogens (tertiary/aromatic N) is 2. The van der Waals surface area contributed by atoms with Crippen molar-refractivity contribution in [2.75, 3.05) is 12.3 Å². The van der Waals surface area contributed by atoms with E-state index in [1.807, 2.05) is 17.6 Å². The largest absolute Gasteiger partial charge is 0.399 e. The number of nitrogens with one attached hydrogen (secondary N) is 1. The minimum Gasteiger partial charge on any atom is -0.399 e. The average molecular weight is 262 g/mol. The first-order valence-electron chi connectivity index (χ1n) is 6.28. The second-order valence-corrected chi connectivity index (χ2v) is 4.29. The standard InChI is InChI=1S/C13H18N4O2/c1-2-15-13(19)5-6-17-11-4-3-9(14)7-10(11)16-12(17)8-18/h3-4,7,18H,2,5-6,8,14H2,1H3,(H,15,19). The molecule has 0 saturated carbocycles. The Bertz CT molecular complexity index is 592. The number of hydrogen-bond acceptors (Lipinski definition) is 4. The van der Waals surface area contributed by atoms with Gasteiger partial charge in [-0.2, -0.15) is 0 Å². The Hall–Kier alpha value is -2.08. The third kappa shape index (κ3) is 2.85. The van der Waals surface area contributed by atoms with E-state index in [4.69, 9.17) is 5.73 Å². The maximum absolute atomic E-state index is 11.5. The Labute approximate surface area is 111 Å². The molecule has 0 aliphatic carbocycles. The molecule has 0 spiro atoms. The first kappa shape index (κ1) is 13.4. The molecule has 1 aromatic carbocycles. The fourth-order valence-corrected chi connectivity index (χ4v) is 2.07. The lowest BCUT2D eigenvalue weighted by Crippen LogP contribution is -2.24. The van der Waals surface area contributed by atoms with Gasteiger partial charge in [-0.05, 0) is 25.1 Å². The highest BCUT2D eigenvalue weighted by molar-refractivity contribution is 5.80. The summed E-state index contributed by atoms with van der Waals surface area (Å²) in [6.07, 6.45) is 0.358. The number of aromatic nitrogens is 2. The number of nitrogen functional groups attached to an aromatic ring is 1. The van der Waals surface area contributed by atoms with Gasteiger partial charge < -0.3 is 20.7 Å². The van der Waals surface area contributed by atoms with Gasteiger partial charge in [0.1, 0.15) is 12.4 Å². The third-order valence-electron chi connectivity index (χ3n) is 2.93. The molecule has 0 radical (unpaired) electrons. The summed E-state index contributed by atoms with van der Waals surface area (Å²) in [6.45, 7) is 2.82. The molecule has 0 atom stereocenters. The quantitative estimate of drug-likeness (QED) is 0.689. The highest BCUT2D eigenvalue weighted by Gasteiger charge is 2.11. The molecule has 0 unspecified atom stereocenters. The zero-order valence-electron chi connectivity index (χ0n) is 10.9. The van der Waals surface area contributed by atoms with Crippen molar-refractivity contribution < 1.29 is 9.90 Å². The van der Waals surface area contributed by atoms with Crippen LogP contribution in [0.5, 0.6) is 0 Å². The number of benzene rings is 1. The molecule has 1 amide bonds. The van der Waals surface area contributed by atoms with Crippen LogP contribution in [0, 0.1) is 0 Å². The van der Waals surface area contributed by atoms with Crippen LogP contribution in [-0.2, 0) is 17.9 Å². The van der Waals surface area contributed by atoms with Gasteiger partial charge in [0.15, 0.2) is 0 Å². The summed E-state index contributed by atoms with van der Waals surface area (Å²) in [5.41, 5.74) is 7.95. The van der Waals surface area contributed by atoms with Gasteiger partial charge in [-0.3, -0.25) is 4.79 Å². The molecule has 1 heterocycles. The van der Waals surface area contributed by atoms with E-state index in [-0.39, 0.29) is 12.5 Å². The van der Waals surface area contributed by atoms with Crippen LogP contribution in [0.15, 0.2) is 18.2 Å². The second-order valence-electron chi connectivity index (χ2n) is 4.29. The zero-order chi connectivity index (χ0) is 13.8. The number of imidazole rings is 1. The summed E-state index contributed by atoms with van der Waals surface area (Å²) in [5, 5.41) is 12.1. The number of amides is 1. The van der Waals surface area contributed by atoms with Gasteiger partial charge in [0.2, 0.25) is 5.91 Å². The molecule has 0 aliphatic rings. The Morgan fingerprint density at radius 2 is 2.32 bits per heavy atom. The Morgan fingerprint density at radius 3 is 3.00 bits per heavy atom. The van der Waals surface area contributed by atoms with Crippen molar-refractivity contribution in [3.63, 3.8) is 0 Å². The van der Waals surface area contributed by atoms with E-state index in [0.717, 1.165) is 11.0 Å². The van der Waals surface area contributed by atoms with Gasteiger partial charge in [-0.25, -0.2) is 4.98 Å². The second kappa shape index (κ2) is 5.71. The Kier molecular flexibility index (Phi) is 4.01. The van der Waals surface area contributed by atoms with Gasteiger partial charge >= 0.3 is 0 Å². The first-order chi connectivity index (χ1) is 9.15. The summed E-state index contributed by atoms with van der Waals surface area (Å²) < 4.78 is 1.85. The van der Waals surface area contributed by atoms with Crippen molar-refractivity contribution in [3.8, 4) is 0 Å². The number of aliphatic hydroxyl groups excluding tert-OH is 1. The van der Waals surface area contributed by atoms with E-state index in [1.165, 1.54) is 0 Å². The summed E-state index contributed by atoms with van der Waals surface area (Å²) in [7, 11) is 0.